The highest BCUT2D eigenvalue weighted by molar-refractivity contribution is 6.32. The van der Waals surface area contributed by atoms with Crippen molar-refractivity contribution in [1.29, 1.82) is 0 Å². The quantitative estimate of drug-likeness (QED) is 0.174. The minimum absolute atomic E-state index is 1.24. The molecule has 0 spiro atoms. The molecule has 0 atom stereocenters. The summed E-state index contributed by atoms with van der Waals surface area (Å²) in [5.41, 5.74) is 20.8. The summed E-state index contributed by atoms with van der Waals surface area (Å²) in [4.78, 5) is 0. The molecule has 0 N–H and O–H groups in total. The van der Waals surface area contributed by atoms with E-state index in [0.717, 1.165) is 0 Å². The van der Waals surface area contributed by atoms with Crippen molar-refractivity contribution in [3.05, 3.63) is 194 Å². The van der Waals surface area contributed by atoms with Gasteiger partial charge < -0.3 is 0 Å². The lowest BCUT2D eigenvalue weighted by atomic mass is 9.82. The van der Waals surface area contributed by atoms with E-state index in [4.69, 9.17) is 0 Å². The molecule has 0 aromatic heterocycles. The smallest absolute Gasteiger partial charge is 0.000740 e. The SMILES string of the molecule is c1ccc(-c2ccc(-c3ccccc3)c3cc4c(cc23)-c2ccc3c5c(ccc-4c25)-c2c-3c(-c3ccccc3)c3ccccc3c2-c2ccccc2)cc1. The Bertz CT molecular complexity index is 2950. The van der Waals surface area contributed by atoms with E-state index >= 15 is 0 Å². The van der Waals surface area contributed by atoms with E-state index in [-0.39, 0.29) is 0 Å². The molecule has 0 nitrogen and oxygen atoms in total. The molecule has 54 heavy (non-hydrogen) atoms. The van der Waals surface area contributed by atoms with Gasteiger partial charge in [0, 0.05) is 0 Å². The van der Waals surface area contributed by atoms with E-state index in [1.54, 1.807) is 0 Å². The molecular weight excluding hydrogens is 649 g/mol. The van der Waals surface area contributed by atoms with E-state index in [9.17, 15) is 0 Å². The van der Waals surface area contributed by atoms with Crippen molar-refractivity contribution in [2.45, 2.75) is 0 Å². The van der Waals surface area contributed by atoms with Gasteiger partial charge in [-0.2, -0.15) is 0 Å². The summed E-state index contributed by atoms with van der Waals surface area (Å²) in [5.74, 6) is 0. The van der Waals surface area contributed by atoms with Crippen molar-refractivity contribution >= 4 is 32.3 Å². The lowest BCUT2D eigenvalue weighted by Crippen LogP contribution is -1.93. The number of fused-ring (bicyclic) bond motifs is 8. The molecule has 0 unspecified atom stereocenters. The molecule has 0 heteroatoms. The third-order valence-corrected chi connectivity index (χ3v) is 11.9. The largest absolute Gasteiger partial charge is 0.0622 e. The van der Waals surface area contributed by atoms with Crippen LogP contribution in [0, 0.1) is 0 Å². The van der Waals surface area contributed by atoms with Crippen LogP contribution in [0.15, 0.2) is 194 Å². The zero-order valence-electron chi connectivity index (χ0n) is 29.5. The molecule has 0 heterocycles. The van der Waals surface area contributed by atoms with E-state index in [1.807, 2.05) is 0 Å². The fraction of sp³-hybridized carbons (Fsp3) is 0. The maximum absolute atomic E-state index is 2.48. The molecule has 12 rings (SSSR count). The third-order valence-electron chi connectivity index (χ3n) is 11.9. The summed E-state index contributed by atoms with van der Waals surface area (Å²) >= 11 is 0. The molecular formula is C54H32. The molecule has 0 aliphatic heterocycles. The number of rotatable bonds is 4. The Morgan fingerprint density at radius 3 is 0.907 bits per heavy atom. The first-order valence-corrected chi connectivity index (χ1v) is 18.9. The Labute approximate surface area is 314 Å². The molecule has 0 saturated carbocycles. The monoisotopic (exact) mass is 680 g/mol. The normalized spacial score (nSPS) is 12.1. The van der Waals surface area contributed by atoms with Gasteiger partial charge in [0.25, 0.3) is 0 Å². The maximum Gasteiger partial charge on any atom is -0.000740 e. The van der Waals surface area contributed by atoms with Gasteiger partial charge in [-0.3, -0.25) is 0 Å². The Kier molecular flexibility index (Phi) is 6.15. The Morgan fingerprint density at radius 2 is 0.500 bits per heavy atom. The zero-order chi connectivity index (χ0) is 35.3. The highest BCUT2D eigenvalue weighted by Gasteiger charge is 2.34. The fourth-order valence-electron chi connectivity index (χ4n) is 9.72. The number of hydrogen-bond donors (Lipinski definition) is 0. The lowest BCUT2D eigenvalue weighted by Gasteiger charge is -2.20. The van der Waals surface area contributed by atoms with Gasteiger partial charge in [0.05, 0.1) is 0 Å². The number of hydrogen-bond acceptors (Lipinski definition) is 0. The van der Waals surface area contributed by atoms with Crippen LogP contribution in [0.4, 0.5) is 0 Å². The van der Waals surface area contributed by atoms with Crippen molar-refractivity contribution in [2.24, 2.45) is 0 Å². The van der Waals surface area contributed by atoms with Crippen LogP contribution in [0.1, 0.15) is 0 Å². The highest BCUT2D eigenvalue weighted by Crippen LogP contribution is 2.62. The molecule has 0 bridgehead atoms. The molecule has 2 aliphatic rings. The second kappa shape index (κ2) is 11.2. The van der Waals surface area contributed by atoms with Crippen LogP contribution in [-0.4, -0.2) is 0 Å². The number of benzene rings is 10. The molecule has 0 saturated heterocycles. The first-order chi connectivity index (χ1) is 26.8. The Hall–Kier alpha value is -7.02. The van der Waals surface area contributed by atoms with Gasteiger partial charge in [0.15, 0.2) is 0 Å². The molecule has 0 amide bonds. The molecule has 10 aromatic carbocycles. The first kappa shape index (κ1) is 29.5. The second-order valence-corrected chi connectivity index (χ2v) is 14.7. The van der Waals surface area contributed by atoms with Gasteiger partial charge in [-0.15, -0.1) is 0 Å². The van der Waals surface area contributed by atoms with Gasteiger partial charge in [-0.25, -0.2) is 0 Å². The van der Waals surface area contributed by atoms with Crippen LogP contribution in [0.2, 0.25) is 0 Å². The average Bonchev–Trinajstić information content (AvgIpc) is 3.74. The predicted octanol–water partition coefficient (Wildman–Crippen LogP) is 15.1. The van der Waals surface area contributed by atoms with E-state index in [0.29, 0.717) is 0 Å². The zero-order valence-corrected chi connectivity index (χ0v) is 29.5. The Morgan fingerprint density at radius 1 is 0.185 bits per heavy atom. The van der Waals surface area contributed by atoms with Gasteiger partial charge in [0.1, 0.15) is 0 Å². The summed E-state index contributed by atoms with van der Waals surface area (Å²) in [6.07, 6.45) is 0. The molecule has 10 aromatic rings. The lowest BCUT2D eigenvalue weighted by molar-refractivity contribution is 1.62. The van der Waals surface area contributed by atoms with E-state index in [1.165, 1.54) is 121 Å². The van der Waals surface area contributed by atoms with Crippen LogP contribution in [0.5, 0.6) is 0 Å². The molecule has 2 aliphatic carbocycles. The topological polar surface area (TPSA) is 0 Å². The summed E-state index contributed by atoms with van der Waals surface area (Å²) in [6, 6.07) is 72.0. The van der Waals surface area contributed by atoms with Crippen molar-refractivity contribution < 1.29 is 0 Å². The van der Waals surface area contributed by atoms with Crippen LogP contribution in [0.25, 0.3) is 121 Å². The van der Waals surface area contributed by atoms with Gasteiger partial charge in [-0.1, -0.05) is 182 Å². The summed E-state index contributed by atoms with van der Waals surface area (Å²) in [7, 11) is 0. The molecule has 0 fully saturated rings. The first-order valence-electron chi connectivity index (χ1n) is 18.9. The summed E-state index contributed by atoms with van der Waals surface area (Å²) < 4.78 is 0. The Balaban J connectivity index is 1.19. The molecule has 0 radical (unpaired) electrons. The van der Waals surface area contributed by atoms with Crippen LogP contribution in [-0.2, 0) is 0 Å². The fourth-order valence-corrected chi connectivity index (χ4v) is 9.72. The van der Waals surface area contributed by atoms with Crippen molar-refractivity contribution in [3.63, 3.8) is 0 Å². The van der Waals surface area contributed by atoms with Crippen LogP contribution >= 0.6 is 0 Å². The molecule has 248 valence electrons. The average molecular weight is 681 g/mol. The summed E-state index contributed by atoms with van der Waals surface area (Å²) in [5, 5.41) is 7.89. The van der Waals surface area contributed by atoms with E-state index in [2.05, 4.69) is 194 Å². The third kappa shape index (κ3) is 4.03. The van der Waals surface area contributed by atoms with Gasteiger partial charge in [0.2, 0.25) is 0 Å². The van der Waals surface area contributed by atoms with Crippen LogP contribution in [0.3, 0.4) is 0 Å². The van der Waals surface area contributed by atoms with E-state index < -0.39 is 0 Å². The second-order valence-electron chi connectivity index (χ2n) is 14.7. The van der Waals surface area contributed by atoms with Crippen molar-refractivity contribution in [1.82, 2.24) is 0 Å². The standard InChI is InChI=1S/C54H32/c1-5-15-33(16-6-1)37-25-26-38(34-17-7-2-8-18-34)46-32-48-42-28-30-44-52-43(29-27-41(51(42)52)47(48)31-45(37)46)53-49(35-19-9-3-10-20-35)39-23-13-14-24-40(39)50(54(44)53)36-21-11-4-12-22-36/h1-32H. The predicted molar refractivity (Wildman–Crippen MR) is 230 cm³/mol. The van der Waals surface area contributed by atoms with Crippen molar-refractivity contribution in [2.75, 3.05) is 0 Å². The van der Waals surface area contributed by atoms with Crippen molar-refractivity contribution in [3.8, 4) is 89.0 Å². The van der Waals surface area contributed by atoms with Gasteiger partial charge >= 0.3 is 0 Å². The maximum atomic E-state index is 2.48. The van der Waals surface area contributed by atoms with Crippen LogP contribution < -0.4 is 0 Å². The van der Waals surface area contributed by atoms with Gasteiger partial charge in [-0.05, 0) is 133 Å². The minimum Gasteiger partial charge on any atom is -0.0622 e. The minimum atomic E-state index is 1.24. The highest BCUT2D eigenvalue weighted by atomic mass is 14.4. The summed E-state index contributed by atoms with van der Waals surface area (Å²) in [6.45, 7) is 0.